The van der Waals surface area contributed by atoms with Crippen LogP contribution in [-0.2, 0) is 4.79 Å². The number of rotatable bonds is 3. The molecule has 8 atom stereocenters. The third-order valence-electron chi connectivity index (χ3n) is 14.1. The summed E-state index contributed by atoms with van der Waals surface area (Å²) in [6.45, 7) is 19.0. The number of ketones is 1. The Morgan fingerprint density at radius 2 is 1.68 bits per heavy atom. The van der Waals surface area contributed by atoms with E-state index in [2.05, 4.69) is 60.7 Å². The molecule has 0 bridgehead atoms. The smallest absolute Gasteiger partial charge is 0.263 e. The average molecular weight is 566 g/mol. The Labute approximate surface area is 245 Å². The summed E-state index contributed by atoms with van der Waals surface area (Å²) in [6, 6.07) is 3.72. The van der Waals surface area contributed by atoms with Crippen LogP contribution in [0, 0.1) is 50.7 Å². The van der Waals surface area contributed by atoms with E-state index in [1.165, 1.54) is 36.2 Å². The average Bonchev–Trinajstić information content (AvgIpc) is 3.49. The largest absolute Gasteiger partial charge is 0.370 e. The van der Waals surface area contributed by atoms with E-state index in [0.717, 1.165) is 25.7 Å². The second-order valence-corrected chi connectivity index (χ2v) is 17.2. The molecular formula is C35H51NO3S. The van der Waals surface area contributed by atoms with Crippen LogP contribution in [0.4, 0.5) is 0 Å². The van der Waals surface area contributed by atoms with Crippen LogP contribution < -0.4 is 5.32 Å². The molecule has 0 aromatic carbocycles. The van der Waals surface area contributed by atoms with Crippen molar-refractivity contribution in [1.29, 1.82) is 0 Å². The van der Waals surface area contributed by atoms with Crippen molar-refractivity contribution in [1.82, 2.24) is 5.32 Å². The Balaban J connectivity index is 1.35. The van der Waals surface area contributed by atoms with Crippen LogP contribution in [0.3, 0.4) is 0 Å². The SMILES string of the molecule is CC(C)C1=C2[C@H]3CC[C@@H]4[C@@]5(C)CC[C@@](O)(NC(=O)c6cccs6)C(C)(C)[C@@H]5CC[C@@]4(C)[C@]3(C)CC[C@@]2(C)CC1=O. The molecule has 0 unspecified atom stereocenters. The second kappa shape index (κ2) is 8.78. The Bertz CT molecular complexity index is 1260. The summed E-state index contributed by atoms with van der Waals surface area (Å²) in [5.74, 6) is 1.95. The molecule has 6 rings (SSSR count). The van der Waals surface area contributed by atoms with Gasteiger partial charge in [0, 0.05) is 11.8 Å². The van der Waals surface area contributed by atoms with E-state index >= 15 is 0 Å². The number of thiophene rings is 1. The van der Waals surface area contributed by atoms with Gasteiger partial charge in [0.1, 0.15) is 5.72 Å². The van der Waals surface area contributed by atoms with Crippen molar-refractivity contribution in [2.45, 2.75) is 119 Å². The highest BCUT2D eigenvalue weighted by molar-refractivity contribution is 7.12. The predicted molar refractivity (Wildman–Crippen MR) is 162 cm³/mol. The van der Waals surface area contributed by atoms with Crippen molar-refractivity contribution in [3.8, 4) is 0 Å². The first-order chi connectivity index (χ1) is 18.5. The molecule has 5 aliphatic rings. The van der Waals surface area contributed by atoms with Crippen LogP contribution in [-0.4, -0.2) is 22.5 Å². The van der Waals surface area contributed by atoms with Crippen molar-refractivity contribution in [2.24, 2.45) is 50.7 Å². The number of hydrogen-bond acceptors (Lipinski definition) is 4. The number of Topliss-reactive ketones (excluding diaryl/α,β-unsaturated/α-hetero) is 1. The number of hydrogen-bond donors (Lipinski definition) is 2. The van der Waals surface area contributed by atoms with Crippen LogP contribution in [0.25, 0.3) is 0 Å². The number of fused-ring (bicyclic) bond motifs is 7. The van der Waals surface area contributed by atoms with Gasteiger partial charge in [-0.1, -0.05) is 67.0 Å². The van der Waals surface area contributed by atoms with Crippen LogP contribution >= 0.6 is 11.3 Å². The maximum absolute atomic E-state index is 13.3. The molecule has 1 aromatic heterocycles. The minimum atomic E-state index is -1.22. The third kappa shape index (κ3) is 3.52. The van der Waals surface area contributed by atoms with E-state index in [1.807, 2.05) is 17.5 Å². The van der Waals surface area contributed by atoms with E-state index in [0.29, 0.717) is 47.2 Å². The number of amides is 1. The minimum absolute atomic E-state index is 0.0508. The van der Waals surface area contributed by atoms with Crippen LogP contribution in [0.1, 0.15) is 123 Å². The molecule has 5 heteroatoms. The summed E-state index contributed by atoms with van der Waals surface area (Å²) in [5.41, 5.74) is 1.57. The highest BCUT2D eigenvalue weighted by Gasteiger charge is 2.71. The topological polar surface area (TPSA) is 66.4 Å². The number of allylic oxidation sites excluding steroid dienone is 2. The minimum Gasteiger partial charge on any atom is -0.370 e. The maximum atomic E-state index is 13.3. The lowest BCUT2D eigenvalue weighted by Crippen LogP contribution is -2.70. The standard InChI is InChI=1S/C35H51NO3S/c1-21(2)27-23(37)20-31(5)15-17-33(7)22(28(27)31)11-12-26-32(6)16-18-35(39,36-29(38)24-10-9-19-40-24)30(3,4)25(32)13-14-34(26,33)8/h9-10,19,21-22,25-26,39H,11-18,20H2,1-8H3,(H,36,38)/t22-,25+,26-,31+,32+,33-,34-,35+/m1/s1. The van der Waals surface area contributed by atoms with Gasteiger partial charge in [-0.15, -0.1) is 11.3 Å². The quantitative estimate of drug-likeness (QED) is 0.363. The van der Waals surface area contributed by atoms with Crippen molar-refractivity contribution in [3.63, 3.8) is 0 Å². The van der Waals surface area contributed by atoms with E-state index in [-0.39, 0.29) is 27.6 Å². The monoisotopic (exact) mass is 565 g/mol. The summed E-state index contributed by atoms with van der Waals surface area (Å²) >= 11 is 1.43. The zero-order chi connectivity index (χ0) is 29.1. The van der Waals surface area contributed by atoms with E-state index in [1.54, 1.807) is 5.57 Å². The van der Waals surface area contributed by atoms with Gasteiger partial charge in [-0.3, -0.25) is 9.59 Å². The van der Waals surface area contributed by atoms with Gasteiger partial charge >= 0.3 is 0 Å². The molecule has 4 saturated carbocycles. The number of aliphatic hydroxyl groups is 1. The van der Waals surface area contributed by atoms with Gasteiger partial charge in [0.05, 0.1) is 4.88 Å². The van der Waals surface area contributed by atoms with Gasteiger partial charge in [-0.2, -0.15) is 0 Å². The number of nitrogens with one attached hydrogen (secondary N) is 1. The molecule has 0 saturated heterocycles. The lowest BCUT2D eigenvalue weighted by molar-refractivity contribution is -0.256. The molecule has 0 spiro atoms. The molecule has 220 valence electrons. The van der Waals surface area contributed by atoms with E-state index < -0.39 is 11.1 Å². The van der Waals surface area contributed by atoms with Gasteiger partial charge in [0.25, 0.3) is 5.91 Å². The predicted octanol–water partition coefficient (Wildman–Crippen LogP) is 8.17. The molecule has 40 heavy (non-hydrogen) atoms. The van der Waals surface area contributed by atoms with Gasteiger partial charge in [0.15, 0.2) is 5.78 Å². The van der Waals surface area contributed by atoms with E-state index in [4.69, 9.17) is 0 Å². The fourth-order valence-electron chi connectivity index (χ4n) is 11.7. The lowest BCUT2D eigenvalue weighted by atomic mass is 9.32. The normalized spacial score (nSPS) is 46.0. The Kier molecular flexibility index (Phi) is 6.29. The highest BCUT2D eigenvalue weighted by atomic mass is 32.1. The molecule has 1 heterocycles. The molecule has 4 fully saturated rings. The zero-order valence-corrected chi connectivity index (χ0v) is 26.9. The van der Waals surface area contributed by atoms with Crippen LogP contribution in [0.15, 0.2) is 28.7 Å². The van der Waals surface area contributed by atoms with Crippen molar-refractivity contribution in [3.05, 3.63) is 33.5 Å². The van der Waals surface area contributed by atoms with E-state index in [9.17, 15) is 14.7 Å². The Hall–Kier alpha value is -1.46. The second-order valence-electron chi connectivity index (χ2n) is 16.3. The van der Waals surface area contributed by atoms with Gasteiger partial charge < -0.3 is 10.4 Å². The van der Waals surface area contributed by atoms with Crippen molar-refractivity contribution >= 4 is 23.0 Å². The zero-order valence-electron chi connectivity index (χ0n) is 26.1. The molecule has 1 amide bonds. The summed E-state index contributed by atoms with van der Waals surface area (Å²) in [4.78, 5) is 27.1. The van der Waals surface area contributed by atoms with Crippen molar-refractivity contribution < 1.29 is 14.7 Å². The van der Waals surface area contributed by atoms with Gasteiger partial charge in [-0.05, 0) is 114 Å². The maximum Gasteiger partial charge on any atom is 0.263 e. The lowest BCUT2D eigenvalue weighted by Gasteiger charge is -2.73. The van der Waals surface area contributed by atoms with Crippen LogP contribution in [0.5, 0.6) is 0 Å². The van der Waals surface area contributed by atoms with Gasteiger partial charge in [-0.25, -0.2) is 0 Å². The first-order valence-corrected chi connectivity index (χ1v) is 16.8. The summed E-state index contributed by atoms with van der Waals surface area (Å²) in [5, 5.41) is 17.1. The molecule has 0 radical (unpaired) electrons. The molecule has 5 aliphatic carbocycles. The first kappa shape index (κ1) is 28.6. The summed E-state index contributed by atoms with van der Waals surface area (Å²) in [6.07, 6.45) is 9.15. The van der Waals surface area contributed by atoms with Crippen molar-refractivity contribution in [2.75, 3.05) is 0 Å². The fourth-order valence-corrected chi connectivity index (χ4v) is 12.3. The fraction of sp³-hybridized carbons (Fsp3) is 0.771. The molecule has 0 aliphatic heterocycles. The third-order valence-corrected chi connectivity index (χ3v) is 14.9. The Morgan fingerprint density at radius 3 is 2.33 bits per heavy atom. The van der Waals surface area contributed by atoms with Gasteiger partial charge in [0.2, 0.25) is 0 Å². The highest BCUT2D eigenvalue weighted by Crippen LogP contribution is 2.77. The summed E-state index contributed by atoms with van der Waals surface area (Å²) in [7, 11) is 0. The molecule has 1 aromatic rings. The first-order valence-electron chi connectivity index (χ1n) is 15.9. The van der Waals surface area contributed by atoms with Crippen LogP contribution in [0.2, 0.25) is 0 Å². The molecule has 2 N–H and O–H groups in total. The molecule has 4 nitrogen and oxygen atoms in total. The number of carbonyl (C=O) groups is 2. The summed E-state index contributed by atoms with van der Waals surface area (Å²) < 4.78 is 0. The Morgan fingerprint density at radius 1 is 0.950 bits per heavy atom. The number of carbonyl (C=O) groups excluding carboxylic acids is 2. The molecular weight excluding hydrogens is 514 g/mol.